The molecule has 3 nitrogen and oxygen atoms in total. The fourth-order valence-corrected chi connectivity index (χ4v) is 1.89. The van der Waals surface area contributed by atoms with Crippen molar-refractivity contribution in [1.82, 2.24) is 0 Å². The maximum Gasteiger partial charge on any atom is 0.118 e. The van der Waals surface area contributed by atoms with Gasteiger partial charge >= 0.3 is 0 Å². The van der Waals surface area contributed by atoms with E-state index in [4.69, 9.17) is 9.94 Å². The molecule has 0 aliphatic heterocycles. The zero-order valence-corrected chi connectivity index (χ0v) is 10.1. The maximum absolute atomic E-state index is 8.95. The van der Waals surface area contributed by atoms with Gasteiger partial charge in [0.05, 0.1) is 12.8 Å². The third-order valence-electron chi connectivity index (χ3n) is 2.82. The summed E-state index contributed by atoms with van der Waals surface area (Å²) < 4.78 is 5.12. The highest BCUT2D eigenvalue weighted by Crippen LogP contribution is 2.24. The van der Waals surface area contributed by atoms with Crippen LogP contribution in [0.2, 0.25) is 0 Å². The van der Waals surface area contributed by atoms with Gasteiger partial charge in [-0.2, -0.15) is 0 Å². The fraction of sp³-hybridized carbons (Fsp3) is 0.462. The quantitative estimate of drug-likeness (QED) is 0.470. The summed E-state index contributed by atoms with van der Waals surface area (Å²) in [6, 6.07) is 7.91. The minimum absolute atomic E-state index is 0.195. The summed E-state index contributed by atoms with van der Waals surface area (Å²) in [5.41, 5.74) is 1.99. The molecule has 0 amide bonds. The van der Waals surface area contributed by atoms with Crippen molar-refractivity contribution in [2.24, 2.45) is 5.16 Å². The van der Waals surface area contributed by atoms with Crippen LogP contribution in [0, 0.1) is 0 Å². The molecule has 0 spiro atoms. The maximum atomic E-state index is 8.95. The molecule has 0 unspecified atom stereocenters. The topological polar surface area (TPSA) is 41.8 Å². The second kappa shape index (κ2) is 6.16. The third-order valence-corrected chi connectivity index (χ3v) is 2.82. The second-order valence-corrected chi connectivity index (χ2v) is 3.68. The summed E-state index contributed by atoms with van der Waals surface area (Å²) in [5.74, 6) is 1.04. The first-order valence-corrected chi connectivity index (χ1v) is 5.61. The van der Waals surface area contributed by atoms with Gasteiger partial charge in [0.15, 0.2) is 0 Å². The summed E-state index contributed by atoms with van der Waals surface area (Å²) in [4.78, 5) is 0. The van der Waals surface area contributed by atoms with Crippen molar-refractivity contribution in [3.05, 3.63) is 29.8 Å². The summed E-state index contributed by atoms with van der Waals surface area (Å²) in [6.07, 6.45) is 1.70. The van der Waals surface area contributed by atoms with Crippen molar-refractivity contribution in [1.29, 1.82) is 0 Å². The molecule has 0 aliphatic carbocycles. The SMILES string of the molecule is CC/C(=N/O)[C@H](CC)c1ccc(OC)cc1. The second-order valence-electron chi connectivity index (χ2n) is 3.68. The lowest BCUT2D eigenvalue weighted by molar-refractivity contribution is 0.315. The lowest BCUT2D eigenvalue weighted by Gasteiger charge is -2.16. The molecule has 1 rings (SSSR count). The molecule has 1 aromatic carbocycles. The minimum atomic E-state index is 0.195. The number of nitrogens with zero attached hydrogens (tertiary/aromatic N) is 1. The summed E-state index contributed by atoms with van der Waals surface area (Å²) in [5, 5.41) is 12.3. The summed E-state index contributed by atoms with van der Waals surface area (Å²) >= 11 is 0. The number of oxime groups is 1. The monoisotopic (exact) mass is 221 g/mol. The largest absolute Gasteiger partial charge is 0.497 e. The van der Waals surface area contributed by atoms with Gasteiger partial charge in [0.25, 0.3) is 0 Å². The van der Waals surface area contributed by atoms with Gasteiger partial charge in [-0.05, 0) is 30.5 Å². The first kappa shape index (κ1) is 12.6. The Hall–Kier alpha value is -1.51. The van der Waals surface area contributed by atoms with Crippen LogP contribution in [0.4, 0.5) is 0 Å². The molecule has 16 heavy (non-hydrogen) atoms. The van der Waals surface area contributed by atoms with Gasteiger partial charge in [0.1, 0.15) is 5.75 Å². The van der Waals surface area contributed by atoms with Gasteiger partial charge in [-0.15, -0.1) is 0 Å². The Balaban J connectivity index is 2.95. The van der Waals surface area contributed by atoms with E-state index in [0.717, 1.165) is 29.9 Å². The van der Waals surface area contributed by atoms with Crippen molar-refractivity contribution in [3.8, 4) is 5.75 Å². The molecule has 0 aromatic heterocycles. The van der Waals surface area contributed by atoms with Gasteiger partial charge in [0.2, 0.25) is 0 Å². The Morgan fingerprint density at radius 3 is 2.31 bits per heavy atom. The molecule has 0 saturated carbocycles. The first-order valence-electron chi connectivity index (χ1n) is 5.61. The highest BCUT2D eigenvalue weighted by molar-refractivity contribution is 5.90. The molecule has 0 fully saturated rings. The van der Waals surface area contributed by atoms with E-state index in [9.17, 15) is 0 Å². The molecule has 0 heterocycles. The average molecular weight is 221 g/mol. The van der Waals surface area contributed by atoms with Crippen LogP contribution in [0.15, 0.2) is 29.4 Å². The third kappa shape index (κ3) is 2.75. The number of hydrogen-bond acceptors (Lipinski definition) is 3. The van der Waals surface area contributed by atoms with E-state index in [0.29, 0.717) is 0 Å². The number of rotatable bonds is 5. The Morgan fingerprint density at radius 1 is 1.31 bits per heavy atom. The lowest BCUT2D eigenvalue weighted by atomic mass is 9.90. The van der Waals surface area contributed by atoms with Crippen molar-refractivity contribution in [2.45, 2.75) is 32.6 Å². The molecule has 0 radical (unpaired) electrons. The average Bonchev–Trinajstić information content (AvgIpc) is 2.36. The van der Waals surface area contributed by atoms with Gasteiger partial charge in [-0.1, -0.05) is 31.1 Å². The first-order chi connectivity index (χ1) is 7.76. The number of methoxy groups -OCH3 is 1. The Labute approximate surface area is 96.7 Å². The van der Waals surface area contributed by atoms with E-state index < -0.39 is 0 Å². The van der Waals surface area contributed by atoms with Crippen molar-refractivity contribution < 1.29 is 9.94 Å². The summed E-state index contributed by atoms with van der Waals surface area (Å²) in [7, 11) is 1.65. The fourth-order valence-electron chi connectivity index (χ4n) is 1.89. The molecule has 1 N–H and O–H groups in total. The Bertz CT molecular complexity index is 343. The van der Waals surface area contributed by atoms with Gasteiger partial charge < -0.3 is 9.94 Å². The highest BCUT2D eigenvalue weighted by atomic mass is 16.5. The molecule has 0 bridgehead atoms. The molecule has 1 atom stereocenters. The minimum Gasteiger partial charge on any atom is -0.497 e. The number of hydrogen-bond donors (Lipinski definition) is 1. The highest BCUT2D eigenvalue weighted by Gasteiger charge is 2.15. The number of benzene rings is 1. The van der Waals surface area contributed by atoms with Crippen molar-refractivity contribution in [3.63, 3.8) is 0 Å². The molecular formula is C13H19NO2. The normalized spacial score (nSPS) is 13.6. The Kier molecular flexibility index (Phi) is 4.83. The van der Waals surface area contributed by atoms with Crippen LogP contribution >= 0.6 is 0 Å². The zero-order chi connectivity index (χ0) is 12.0. The van der Waals surface area contributed by atoms with Crippen LogP contribution in [-0.2, 0) is 0 Å². The van der Waals surface area contributed by atoms with E-state index in [1.165, 1.54) is 0 Å². The van der Waals surface area contributed by atoms with E-state index >= 15 is 0 Å². The van der Waals surface area contributed by atoms with E-state index in [2.05, 4.69) is 12.1 Å². The predicted molar refractivity (Wildman–Crippen MR) is 65.5 cm³/mol. The van der Waals surface area contributed by atoms with Crippen LogP contribution in [0.25, 0.3) is 0 Å². The molecular weight excluding hydrogens is 202 g/mol. The Morgan fingerprint density at radius 2 is 1.94 bits per heavy atom. The molecule has 3 heteroatoms. The molecule has 1 aromatic rings. The van der Waals surface area contributed by atoms with Gasteiger partial charge in [-0.3, -0.25) is 0 Å². The standard InChI is InChI=1S/C13H19NO2/c1-4-12(13(5-2)14-15)10-6-8-11(16-3)9-7-10/h6-9,12,15H,4-5H2,1-3H3/b14-13-/t12-/m1/s1. The summed E-state index contributed by atoms with van der Waals surface area (Å²) in [6.45, 7) is 4.09. The van der Waals surface area contributed by atoms with Crippen LogP contribution in [-0.4, -0.2) is 18.0 Å². The molecule has 0 saturated heterocycles. The van der Waals surface area contributed by atoms with Crippen LogP contribution in [0.3, 0.4) is 0 Å². The molecule has 88 valence electrons. The van der Waals surface area contributed by atoms with Gasteiger partial charge in [0, 0.05) is 5.92 Å². The predicted octanol–water partition coefficient (Wildman–Crippen LogP) is 3.43. The van der Waals surface area contributed by atoms with Crippen LogP contribution in [0.1, 0.15) is 38.2 Å². The lowest BCUT2D eigenvalue weighted by Crippen LogP contribution is -2.11. The van der Waals surface area contributed by atoms with Crippen molar-refractivity contribution in [2.75, 3.05) is 7.11 Å². The number of ether oxygens (including phenoxy) is 1. The zero-order valence-electron chi connectivity index (χ0n) is 10.1. The van der Waals surface area contributed by atoms with E-state index in [1.54, 1.807) is 7.11 Å². The smallest absolute Gasteiger partial charge is 0.118 e. The molecule has 0 aliphatic rings. The van der Waals surface area contributed by atoms with Crippen molar-refractivity contribution >= 4 is 5.71 Å². The van der Waals surface area contributed by atoms with Crippen LogP contribution in [0.5, 0.6) is 5.75 Å². The van der Waals surface area contributed by atoms with Crippen LogP contribution < -0.4 is 4.74 Å². The van der Waals surface area contributed by atoms with Gasteiger partial charge in [-0.25, -0.2) is 0 Å². The van der Waals surface area contributed by atoms with E-state index in [-0.39, 0.29) is 5.92 Å². The van der Waals surface area contributed by atoms with E-state index in [1.807, 2.05) is 31.2 Å².